The fourth-order valence-electron chi connectivity index (χ4n) is 4.59. The van der Waals surface area contributed by atoms with Crippen LogP contribution in [0, 0.1) is 11.8 Å². The summed E-state index contributed by atoms with van der Waals surface area (Å²) < 4.78 is 5.56. The first-order valence-electron chi connectivity index (χ1n) is 11.2. The van der Waals surface area contributed by atoms with Crippen molar-refractivity contribution in [2.75, 3.05) is 18.5 Å². The van der Waals surface area contributed by atoms with E-state index in [4.69, 9.17) is 9.84 Å². The third-order valence-electron chi connectivity index (χ3n) is 6.48. The number of nitrogens with one attached hydrogen (secondary N) is 2. The first kappa shape index (κ1) is 21.7. The lowest BCUT2D eigenvalue weighted by Gasteiger charge is -2.15. The maximum Gasteiger partial charge on any atom is 0.411 e. The van der Waals surface area contributed by atoms with Crippen molar-refractivity contribution in [3.63, 3.8) is 0 Å². The van der Waals surface area contributed by atoms with Crippen molar-refractivity contribution in [1.82, 2.24) is 5.32 Å². The molecule has 2 atom stereocenters. The molecule has 7 heteroatoms. The number of carbonyl (C=O) groups is 3. The van der Waals surface area contributed by atoms with Crippen LogP contribution in [0.15, 0.2) is 72.8 Å². The second-order valence-electron chi connectivity index (χ2n) is 8.68. The Morgan fingerprint density at radius 1 is 0.912 bits per heavy atom. The zero-order valence-corrected chi connectivity index (χ0v) is 18.4. The van der Waals surface area contributed by atoms with Crippen LogP contribution >= 0.6 is 0 Å². The zero-order valence-electron chi connectivity index (χ0n) is 18.4. The van der Waals surface area contributed by atoms with Gasteiger partial charge in [-0.25, -0.2) is 4.79 Å². The second kappa shape index (κ2) is 9.02. The van der Waals surface area contributed by atoms with Crippen LogP contribution in [0.3, 0.4) is 0 Å². The van der Waals surface area contributed by atoms with Crippen LogP contribution in [0.5, 0.6) is 0 Å². The van der Waals surface area contributed by atoms with Gasteiger partial charge >= 0.3 is 12.1 Å². The molecule has 0 aromatic heterocycles. The standard InChI is InChI=1S/C27H24N2O5/c30-25(28-14-17-13-23(17)26(31)32)16-6-5-7-18(12-16)29-27(33)34-15-24-21-10-3-1-8-19(21)20-9-2-4-11-22(20)24/h1-12,17,23-24H,13-15H2,(H,28,30)(H,29,33)(H,31,32)/t17-,23-/m1/s1. The Hall–Kier alpha value is -4.13. The zero-order chi connectivity index (χ0) is 23.7. The monoisotopic (exact) mass is 456 g/mol. The number of aliphatic carboxylic acids is 1. The fourth-order valence-corrected chi connectivity index (χ4v) is 4.59. The highest BCUT2D eigenvalue weighted by Crippen LogP contribution is 2.44. The van der Waals surface area contributed by atoms with Gasteiger partial charge in [0.25, 0.3) is 5.91 Å². The van der Waals surface area contributed by atoms with E-state index in [2.05, 4.69) is 34.9 Å². The lowest BCUT2D eigenvalue weighted by atomic mass is 9.98. The minimum absolute atomic E-state index is 0.0245. The van der Waals surface area contributed by atoms with Crippen LogP contribution in [0.1, 0.15) is 33.8 Å². The van der Waals surface area contributed by atoms with Gasteiger partial charge in [0.2, 0.25) is 0 Å². The molecule has 2 amide bonds. The first-order chi connectivity index (χ1) is 16.5. The molecule has 0 unspecified atom stereocenters. The van der Waals surface area contributed by atoms with Crippen molar-refractivity contribution in [1.29, 1.82) is 0 Å². The quantitative estimate of drug-likeness (QED) is 0.486. The minimum atomic E-state index is -0.825. The Morgan fingerprint density at radius 2 is 1.59 bits per heavy atom. The lowest BCUT2D eigenvalue weighted by molar-refractivity contribution is -0.138. The molecule has 0 spiro atoms. The molecule has 1 saturated carbocycles. The summed E-state index contributed by atoms with van der Waals surface area (Å²) in [6.07, 6.45) is -0.0133. The third kappa shape index (κ3) is 4.37. The van der Waals surface area contributed by atoms with Crippen LogP contribution in [-0.4, -0.2) is 36.2 Å². The van der Waals surface area contributed by atoms with E-state index in [9.17, 15) is 14.4 Å². The van der Waals surface area contributed by atoms with Gasteiger partial charge in [-0.2, -0.15) is 0 Å². The molecular weight excluding hydrogens is 432 g/mol. The van der Waals surface area contributed by atoms with E-state index in [0.29, 0.717) is 24.2 Å². The summed E-state index contributed by atoms with van der Waals surface area (Å²) in [5.41, 5.74) is 5.41. The van der Waals surface area contributed by atoms with E-state index in [-0.39, 0.29) is 30.3 Å². The summed E-state index contributed by atoms with van der Waals surface area (Å²) >= 11 is 0. The normalized spacial score (nSPS) is 17.9. The fraction of sp³-hybridized carbons (Fsp3) is 0.222. The maximum atomic E-state index is 12.5. The van der Waals surface area contributed by atoms with Crippen LogP contribution < -0.4 is 10.6 Å². The topological polar surface area (TPSA) is 105 Å². The van der Waals surface area contributed by atoms with Gasteiger partial charge in [0.1, 0.15) is 6.61 Å². The van der Waals surface area contributed by atoms with Crippen molar-refractivity contribution in [2.45, 2.75) is 12.3 Å². The highest BCUT2D eigenvalue weighted by Gasteiger charge is 2.43. The lowest BCUT2D eigenvalue weighted by Crippen LogP contribution is -2.26. The third-order valence-corrected chi connectivity index (χ3v) is 6.48. The molecule has 34 heavy (non-hydrogen) atoms. The van der Waals surface area contributed by atoms with E-state index < -0.39 is 12.1 Å². The highest BCUT2D eigenvalue weighted by molar-refractivity contribution is 5.96. The molecule has 0 bridgehead atoms. The van der Waals surface area contributed by atoms with E-state index in [1.54, 1.807) is 24.3 Å². The van der Waals surface area contributed by atoms with Gasteiger partial charge in [-0.3, -0.25) is 14.9 Å². The van der Waals surface area contributed by atoms with Crippen LogP contribution in [0.25, 0.3) is 11.1 Å². The first-order valence-corrected chi connectivity index (χ1v) is 11.2. The summed E-state index contributed by atoms with van der Waals surface area (Å²) in [4.78, 5) is 35.9. The summed E-state index contributed by atoms with van der Waals surface area (Å²) in [6, 6.07) is 22.8. The van der Waals surface area contributed by atoms with Crippen LogP contribution in [-0.2, 0) is 9.53 Å². The number of ether oxygens (including phenoxy) is 1. The van der Waals surface area contributed by atoms with Gasteiger partial charge < -0.3 is 15.2 Å². The van der Waals surface area contributed by atoms with Crippen molar-refractivity contribution >= 4 is 23.7 Å². The van der Waals surface area contributed by atoms with E-state index in [1.165, 1.54) is 0 Å². The predicted octanol–water partition coefficient (Wildman–Crippen LogP) is 4.50. The largest absolute Gasteiger partial charge is 0.481 e. The molecule has 0 heterocycles. The summed E-state index contributed by atoms with van der Waals surface area (Å²) in [5, 5.41) is 14.4. The molecule has 0 radical (unpaired) electrons. The molecule has 3 aromatic carbocycles. The van der Waals surface area contributed by atoms with Crippen molar-refractivity contribution < 1.29 is 24.2 Å². The SMILES string of the molecule is O=C(Nc1cccc(C(=O)NC[C@H]2C[C@H]2C(=O)O)c1)OCC1c2ccccc2-c2ccccc21. The number of carboxylic acid groups (broad SMARTS) is 1. The number of rotatable bonds is 7. The second-order valence-corrected chi connectivity index (χ2v) is 8.68. The van der Waals surface area contributed by atoms with Crippen molar-refractivity contribution in [3.8, 4) is 11.1 Å². The molecule has 2 aliphatic carbocycles. The number of carboxylic acids is 1. The van der Waals surface area contributed by atoms with Gasteiger partial charge in [-0.1, -0.05) is 54.6 Å². The average Bonchev–Trinajstić information content (AvgIpc) is 3.57. The number of anilines is 1. The Morgan fingerprint density at radius 3 is 2.24 bits per heavy atom. The number of hydrogen-bond acceptors (Lipinski definition) is 4. The van der Waals surface area contributed by atoms with Crippen LogP contribution in [0.2, 0.25) is 0 Å². The van der Waals surface area contributed by atoms with Gasteiger partial charge in [0.05, 0.1) is 5.92 Å². The Kier molecular flexibility index (Phi) is 5.76. The van der Waals surface area contributed by atoms with Crippen molar-refractivity contribution in [3.05, 3.63) is 89.5 Å². The average molecular weight is 456 g/mol. The van der Waals surface area contributed by atoms with Gasteiger partial charge in [0.15, 0.2) is 0 Å². The summed E-state index contributed by atoms with van der Waals surface area (Å²) in [5.74, 6) is -1.57. The molecule has 0 aliphatic heterocycles. The molecule has 5 rings (SSSR count). The number of fused-ring (bicyclic) bond motifs is 3. The van der Waals surface area contributed by atoms with Crippen LogP contribution in [0.4, 0.5) is 10.5 Å². The number of benzene rings is 3. The molecule has 3 N–H and O–H groups in total. The molecule has 7 nitrogen and oxygen atoms in total. The molecule has 172 valence electrons. The van der Waals surface area contributed by atoms with E-state index in [0.717, 1.165) is 22.3 Å². The minimum Gasteiger partial charge on any atom is -0.481 e. The summed E-state index contributed by atoms with van der Waals surface area (Å²) in [7, 11) is 0. The van der Waals surface area contributed by atoms with Gasteiger partial charge in [-0.15, -0.1) is 0 Å². The Balaban J connectivity index is 1.18. The molecule has 0 saturated heterocycles. The number of hydrogen-bond donors (Lipinski definition) is 3. The number of carbonyl (C=O) groups excluding carboxylic acids is 2. The summed E-state index contributed by atoms with van der Waals surface area (Å²) in [6.45, 7) is 0.520. The number of amides is 2. The van der Waals surface area contributed by atoms with Crippen molar-refractivity contribution in [2.24, 2.45) is 11.8 Å². The highest BCUT2D eigenvalue weighted by atomic mass is 16.5. The van der Waals surface area contributed by atoms with Gasteiger partial charge in [0, 0.05) is 23.7 Å². The molecule has 2 aliphatic rings. The van der Waals surface area contributed by atoms with Gasteiger partial charge in [-0.05, 0) is 52.8 Å². The Labute approximate surface area is 196 Å². The maximum absolute atomic E-state index is 12.5. The van der Waals surface area contributed by atoms with E-state index >= 15 is 0 Å². The predicted molar refractivity (Wildman–Crippen MR) is 127 cm³/mol. The molecule has 3 aromatic rings. The van der Waals surface area contributed by atoms with E-state index in [1.807, 2.05) is 24.3 Å². The Bertz CT molecular complexity index is 1230. The molecular formula is C27H24N2O5. The smallest absolute Gasteiger partial charge is 0.411 e. The molecule has 1 fully saturated rings.